The number of nitrogens with one attached hydrogen (secondary N) is 2. The second-order valence-corrected chi connectivity index (χ2v) is 5.71. The molecule has 0 aliphatic heterocycles. The Balaban J connectivity index is 2.17. The average Bonchev–Trinajstić information content (AvgIpc) is 2.65. The average molecular weight is 372 g/mol. The number of ether oxygens (including phenoxy) is 2. The molecule has 144 valence electrons. The van der Waals surface area contributed by atoms with Crippen LogP contribution in [0, 0.1) is 6.92 Å². The van der Waals surface area contributed by atoms with E-state index in [-0.39, 0.29) is 24.2 Å². The number of nitrogens with zero attached hydrogens (tertiary/aromatic N) is 2. The van der Waals surface area contributed by atoms with Gasteiger partial charge in [-0.05, 0) is 38.5 Å². The van der Waals surface area contributed by atoms with Crippen LogP contribution in [-0.4, -0.2) is 48.7 Å². The standard InChI is InChI=1S/C19H24N4O4/c1-4-27-18(25)14-8-5-6-9-15(14)22-19-21-13(2)12-16(23-19)17(24)20-10-7-11-26-3/h5-6,8-9,12H,4,7,10-11H2,1-3H3,(H,20,24)(H,21,22,23). The minimum Gasteiger partial charge on any atom is -0.462 e. The number of aromatic nitrogens is 2. The highest BCUT2D eigenvalue weighted by Gasteiger charge is 2.15. The predicted molar refractivity (Wildman–Crippen MR) is 101 cm³/mol. The fraction of sp³-hybridized carbons (Fsp3) is 0.368. The number of amides is 1. The van der Waals surface area contributed by atoms with Crippen molar-refractivity contribution in [2.24, 2.45) is 0 Å². The van der Waals surface area contributed by atoms with Gasteiger partial charge < -0.3 is 20.1 Å². The zero-order valence-corrected chi connectivity index (χ0v) is 15.7. The van der Waals surface area contributed by atoms with Crippen LogP contribution in [0.5, 0.6) is 0 Å². The molecule has 0 radical (unpaired) electrons. The number of methoxy groups -OCH3 is 1. The second-order valence-electron chi connectivity index (χ2n) is 5.71. The van der Waals surface area contributed by atoms with E-state index in [4.69, 9.17) is 9.47 Å². The molecule has 0 aliphatic carbocycles. The van der Waals surface area contributed by atoms with Gasteiger partial charge in [0.05, 0.1) is 17.9 Å². The summed E-state index contributed by atoms with van der Waals surface area (Å²) in [6.45, 7) is 4.85. The van der Waals surface area contributed by atoms with Crippen LogP contribution in [0.2, 0.25) is 0 Å². The van der Waals surface area contributed by atoms with Gasteiger partial charge in [-0.25, -0.2) is 14.8 Å². The monoisotopic (exact) mass is 372 g/mol. The summed E-state index contributed by atoms with van der Waals surface area (Å²) in [6, 6.07) is 8.51. The van der Waals surface area contributed by atoms with Gasteiger partial charge >= 0.3 is 5.97 Å². The zero-order chi connectivity index (χ0) is 19.6. The first-order chi connectivity index (χ1) is 13.0. The summed E-state index contributed by atoms with van der Waals surface area (Å²) in [7, 11) is 1.61. The van der Waals surface area contributed by atoms with Gasteiger partial charge in [0, 0.05) is 26.0 Å². The van der Waals surface area contributed by atoms with E-state index in [1.54, 1.807) is 51.3 Å². The Morgan fingerprint density at radius 1 is 1.19 bits per heavy atom. The van der Waals surface area contributed by atoms with Crippen molar-refractivity contribution >= 4 is 23.5 Å². The van der Waals surface area contributed by atoms with E-state index in [9.17, 15) is 9.59 Å². The molecule has 0 bridgehead atoms. The number of carbonyl (C=O) groups excluding carboxylic acids is 2. The molecule has 0 saturated carbocycles. The van der Waals surface area contributed by atoms with Crippen LogP contribution in [0.4, 0.5) is 11.6 Å². The molecule has 1 heterocycles. The molecule has 2 N–H and O–H groups in total. The SMILES string of the molecule is CCOC(=O)c1ccccc1Nc1nc(C)cc(C(=O)NCCCOC)n1. The molecule has 1 amide bonds. The molecule has 2 aromatic rings. The van der Waals surface area contributed by atoms with Gasteiger partial charge in [-0.1, -0.05) is 12.1 Å². The van der Waals surface area contributed by atoms with Gasteiger partial charge in [-0.15, -0.1) is 0 Å². The molecule has 8 nitrogen and oxygen atoms in total. The third-order valence-corrected chi connectivity index (χ3v) is 3.57. The Morgan fingerprint density at radius 3 is 2.70 bits per heavy atom. The number of carbonyl (C=O) groups is 2. The highest BCUT2D eigenvalue weighted by Crippen LogP contribution is 2.20. The first kappa shape index (κ1) is 20.3. The van der Waals surface area contributed by atoms with E-state index in [0.29, 0.717) is 36.5 Å². The van der Waals surface area contributed by atoms with Crippen LogP contribution in [0.15, 0.2) is 30.3 Å². The van der Waals surface area contributed by atoms with Gasteiger partial charge in [0.1, 0.15) is 5.69 Å². The molecule has 1 aromatic heterocycles. The quantitative estimate of drug-likeness (QED) is 0.515. The number of hydrogen-bond acceptors (Lipinski definition) is 7. The summed E-state index contributed by atoms with van der Waals surface area (Å²) < 4.78 is 10.0. The Bertz CT molecular complexity index is 795. The zero-order valence-electron chi connectivity index (χ0n) is 15.7. The van der Waals surface area contributed by atoms with Crippen molar-refractivity contribution < 1.29 is 19.1 Å². The van der Waals surface area contributed by atoms with E-state index in [0.717, 1.165) is 0 Å². The van der Waals surface area contributed by atoms with Crippen LogP contribution < -0.4 is 10.6 Å². The molecule has 0 spiro atoms. The summed E-state index contributed by atoms with van der Waals surface area (Å²) in [5.41, 5.74) is 1.75. The third kappa shape index (κ3) is 6.03. The molecule has 8 heteroatoms. The van der Waals surface area contributed by atoms with Crippen molar-refractivity contribution in [2.75, 3.05) is 32.2 Å². The highest BCUT2D eigenvalue weighted by atomic mass is 16.5. The Hall–Kier alpha value is -3.00. The van der Waals surface area contributed by atoms with Crippen LogP contribution in [0.3, 0.4) is 0 Å². The molecule has 0 aliphatic rings. The number of rotatable bonds is 9. The maximum Gasteiger partial charge on any atom is 0.340 e. The molecule has 1 aromatic carbocycles. The van der Waals surface area contributed by atoms with E-state index in [2.05, 4.69) is 20.6 Å². The summed E-state index contributed by atoms with van der Waals surface area (Å²) in [4.78, 5) is 32.9. The van der Waals surface area contributed by atoms with Gasteiger partial charge in [0.25, 0.3) is 5.91 Å². The van der Waals surface area contributed by atoms with Crippen molar-refractivity contribution in [1.29, 1.82) is 0 Å². The summed E-state index contributed by atoms with van der Waals surface area (Å²) >= 11 is 0. The maximum absolute atomic E-state index is 12.3. The molecule has 2 rings (SSSR count). The van der Waals surface area contributed by atoms with Gasteiger partial charge in [-0.3, -0.25) is 4.79 Å². The first-order valence-electron chi connectivity index (χ1n) is 8.71. The molecule has 0 unspecified atom stereocenters. The second kappa shape index (κ2) is 10.2. The number of esters is 1. The minimum atomic E-state index is -0.440. The summed E-state index contributed by atoms with van der Waals surface area (Å²) in [5.74, 6) is -0.503. The Kier molecular flexibility index (Phi) is 7.69. The number of para-hydroxylation sites is 1. The summed E-state index contributed by atoms with van der Waals surface area (Å²) in [6.07, 6.45) is 0.713. The number of benzene rings is 1. The molecule has 0 atom stereocenters. The minimum absolute atomic E-state index is 0.230. The molecule has 0 saturated heterocycles. The topological polar surface area (TPSA) is 102 Å². The lowest BCUT2D eigenvalue weighted by Gasteiger charge is -2.11. The predicted octanol–water partition coefficient (Wildman–Crippen LogP) is 2.47. The van der Waals surface area contributed by atoms with E-state index >= 15 is 0 Å². The highest BCUT2D eigenvalue weighted by molar-refractivity contribution is 5.96. The lowest BCUT2D eigenvalue weighted by atomic mass is 10.2. The van der Waals surface area contributed by atoms with Crippen LogP contribution in [0.1, 0.15) is 39.9 Å². The molecule has 27 heavy (non-hydrogen) atoms. The Morgan fingerprint density at radius 2 is 1.96 bits per heavy atom. The third-order valence-electron chi connectivity index (χ3n) is 3.57. The van der Waals surface area contributed by atoms with Crippen molar-refractivity contribution in [3.05, 3.63) is 47.3 Å². The lowest BCUT2D eigenvalue weighted by molar-refractivity contribution is 0.0527. The normalized spacial score (nSPS) is 10.3. The Labute approximate surface area is 158 Å². The van der Waals surface area contributed by atoms with Crippen LogP contribution >= 0.6 is 0 Å². The summed E-state index contributed by atoms with van der Waals surface area (Å²) in [5, 5.41) is 5.79. The fourth-order valence-corrected chi connectivity index (χ4v) is 2.35. The van der Waals surface area contributed by atoms with Crippen molar-refractivity contribution in [3.63, 3.8) is 0 Å². The lowest BCUT2D eigenvalue weighted by Crippen LogP contribution is -2.26. The van der Waals surface area contributed by atoms with Gasteiger partial charge in [0.2, 0.25) is 5.95 Å². The largest absolute Gasteiger partial charge is 0.462 e. The van der Waals surface area contributed by atoms with Gasteiger partial charge in [-0.2, -0.15) is 0 Å². The van der Waals surface area contributed by atoms with Crippen molar-refractivity contribution in [2.45, 2.75) is 20.3 Å². The first-order valence-corrected chi connectivity index (χ1v) is 8.71. The van der Waals surface area contributed by atoms with E-state index in [1.807, 2.05) is 0 Å². The van der Waals surface area contributed by atoms with Gasteiger partial charge in [0.15, 0.2) is 0 Å². The number of aryl methyl sites for hydroxylation is 1. The van der Waals surface area contributed by atoms with E-state index < -0.39 is 5.97 Å². The number of hydrogen-bond donors (Lipinski definition) is 2. The number of anilines is 2. The van der Waals surface area contributed by atoms with Crippen LogP contribution in [0.25, 0.3) is 0 Å². The van der Waals surface area contributed by atoms with Crippen molar-refractivity contribution in [1.82, 2.24) is 15.3 Å². The molecular formula is C19H24N4O4. The van der Waals surface area contributed by atoms with E-state index in [1.165, 1.54) is 0 Å². The molecule has 0 fully saturated rings. The molecular weight excluding hydrogens is 348 g/mol. The van der Waals surface area contributed by atoms with Crippen LogP contribution in [-0.2, 0) is 9.47 Å². The fourth-order valence-electron chi connectivity index (χ4n) is 2.35. The smallest absolute Gasteiger partial charge is 0.340 e. The van der Waals surface area contributed by atoms with Crippen molar-refractivity contribution in [3.8, 4) is 0 Å². The maximum atomic E-state index is 12.3.